The highest BCUT2D eigenvalue weighted by Crippen LogP contribution is 2.27. The lowest BCUT2D eigenvalue weighted by atomic mass is 9.98. The highest BCUT2D eigenvalue weighted by molar-refractivity contribution is 5.94. The Bertz CT molecular complexity index is 962. The van der Waals surface area contributed by atoms with Crippen LogP contribution in [-0.2, 0) is 22.4 Å². The van der Waals surface area contributed by atoms with Gasteiger partial charge in [0.05, 0.1) is 44.4 Å². The van der Waals surface area contributed by atoms with E-state index in [-0.39, 0.29) is 5.56 Å². The average Bonchev–Trinajstić information content (AvgIpc) is 2.76. The molecule has 1 aliphatic heterocycles. The summed E-state index contributed by atoms with van der Waals surface area (Å²) in [5.41, 5.74) is 2.02. The van der Waals surface area contributed by atoms with Gasteiger partial charge in [0.2, 0.25) is 5.43 Å². The Morgan fingerprint density at radius 3 is 2.67 bits per heavy atom. The molecule has 1 aliphatic rings. The number of rotatable bonds is 10. The summed E-state index contributed by atoms with van der Waals surface area (Å²) in [6, 6.07) is 5.75. The van der Waals surface area contributed by atoms with Gasteiger partial charge in [0, 0.05) is 30.4 Å². The predicted molar refractivity (Wildman–Crippen MR) is 115 cm³/mol. The van der Waals surface area contributed by atoms with E-state index in [4.69, 9.17) is 14.7 Å². The van der Waals surface area contributed by atoms with Gasteiger partial charge in [-0.05, 0) is 30.5 Å². The number of aromatic carboxylic acids is 1. The number of aromatic nitrogens is 1. The Balaban J connectivity index is 0.00000155. The van der Waals surface area contributed by atoms with Crippen molar-refractivity contribution in [2.45, 2.75) is 39.7 Å². The fourth-order valence-electron chi connectivity index (χ4n) is 3.40. The number of hydrogen-bond acceptors (Lipinski definition) is 6. The Hall–Kier alpha value is -2.89. The fraction of sp³-hybridized carbons (Fsp3) is 0.500. The van der Waals surface area contributed by atoms with Gasteiger partial charge < -0.3 is 24.5 Å². The fourth-order valence-corrected chi connectivity index (χ4v) is 3.40. The second-order valence-corrected chi connectivity index (χ2v) is 6.57. The molecule has 1 aromatic heterocycles. The molecule has 2 N–H and O–H groups in total. The lowest BCUT2D eigenvalue weighted by molar-refractivity contribution is 0.0538. The number of hydrogen-bond donors (Lipinski definition) is 2. The molecule has 3 rings (SSSR count). The van der Waals surface area contributed by atoms with Crippen molar-refractivity contribution in [3.05, 3.63) is 39.7 Å². The SMILES string of the molecule is CC.N#CCCOCCOCCNc1cc2c3c(c1)c(=O)c(C(=O)O)cn3CCC2. The van der Waals surface area contributed by atoms with Crippen molar-refractivity contribution in [2.75, 3.05) is 38.3 Å². The van der Waals surface area contributed by atoms with Crippen LogP contribution < -0.4 is 10.7 Å². The maximum atomic E-state index is 12.6. The maximum Gasteiger partial charge on any atom is 0.341 e. The molecule has 0 amide bonds. The highest BCUT2D eigenvalue weighted by atomic mass is 16.5. The normalized spacial score (nSPS) is 12.0. The van der Waals surface area contributed by atoms with E-state index in [1.54, 1.807) is 6.07 Å². The van der Waals surface area contributed by atoms with Crippen molar-refractivity contribution in [3.63, 3.8) is 0 Å². The Morgan fingerprint density at radius 1 is 1.23 bits per heavy atom. The molecule has 0 spiro atoms. The molecule has 0 aliphatic carbocycles. The van der Waals surface area contributed by atoms with Gasteiger partial charge in [-0.2, -0.15) is 5.26 Å². The van der Waals surface area contributed by atoms with Gasteiger partial charge in [-0.1, -0.05) is 13.8 Å². The number of anilines is 1. The van der Waals surface area contributed by atoms with Crippen molar-refractivity contribution in [1.29, 1.82) is 5.26 Å². The molecule has 0 fully saturated rings. The van der Waals surface area contributed by atoms with Crippen LogP contribution in [0.4, 0.5) is 5.69 Å². The zero-order valence-corrected chi connectivity index (χ0v) is 17.6. The molecule has 2 heterocycles. The number of ether oxygens (including phenoxy) is 2. The third-order valence-corrected chi connectivity index (χ3v) is 4.63. The quantitative estimate of drug-likeness (QED) is 0.573. The Kier molecular flexibility index (Phi) is 9.32. The third-order valence-electron chi connectivity index (χ3n) is 4.63. The zero-order valence-electron chi connectivity index (χ0n) is 17.6. The van der Waals surface area contributed by atoms with E-state index in [0.29, 0.717) is 51.3 Å². The molecule has 0 unspecified atom stereocenters. The van der Waals surface area contributed by atoms with E-state index in [0.717, 1.165) is 29.6 Å². The number of pyridine rings is 1. The first-order valence-corrected chi connectivity index (χ1v) is 10.3. The van der Waals surface area contributed by atoms with Crippen LogP contribution in [0.25, 0.3) is 10.9 Å². The number of nitrogens with one attached hydrogen (secondary N) is 1. The second kappa shape index (κ2) is 12.0. The summed E-state index contributed by atoms with van der Waals surface area (Å²) in [7, 11) is 0. The number of nitrogens with zero attached hydrogens (tertiary/aromatic N) is 2. The third kappa shape index (κ3) is 5.81. The summed E-state index contributed by atoms with van der Waals surface area (Å²) in [6.07, 6.45) is 3.59. The summed E-state index contributed by atoms with van der Waals surface area (Å²) in [6.45, 7) is 7.03. The van der Waals surface area contributed by atoms with E-state index in [1.165, 1.54) is 6.20 Å². The van der Waals surface area contributed by atoms with Gasteiger partial charge in [-0.15, -0.1) is 0 Å². The molecule has 0 saturated heterocycles. The van der Waals surface area contributed by atoms with E-state index >= 15 is 0 Å². The van der Waals surface area contributed by atoms with Crippen LogP contribution in [0, 0.1) is 11.3 Å². The summed E-state index contributed by atoms with van der Waals surface area (Å²) >= 11 is 0. The van der Waals surface area contributed by atoms with Crippen LogP contribution in [0.1, 0.15) is 42.6 Å². The number of carbonyl (C=O) groups is 1. The van der Waals surface area contributed by atoms with Crippen LogP contribution in [0.2, 0.25) is 0 Å². The number of benzene rings is 1. The van der Waals surface area contributed by atoms with Crippen LogP contribution in [0.15, 0.2) is 23.1 Å². The number of nitriles is 1. The van der Waals surface area contributed by atoms with Crippen molar-refractivity contribution < 1.29 is 19.4 Å². The molecule has 8 nitrogen and oxygen atoms in total. The molecule has 0 atom stereocenters. The standard InChI is InChI=1S/C20H23N3O5.C2H6/c21-4-2-7-27-9-10-28-8-5-22-15-11-14-3-1-6-23-13-17(20(25)26)19(24)16(12-15)18(14)23;1-2/h11-13,22H,1-3,5-10H2,(H,25,26);1-2H3. The lowest BCUT2D eigenvalue weighted by Gasteiger charge is -2.21. The largest absolute Gasteiger partial charge is 0.477 e. The summed E-state index contributed by atoms with van der Waals surface area (Å²) < 4.78 is 12.6. The number of carboxylic acids is 1. The molecule has 8 heteroatoms. The van der Waals surface area contributed by atoms with Crippen molar-refractivity contribution in [2.24, 2.45) is 0 Å². The first-order valence-electron chi connectivity index (χ1n) is 10.3. The van der Waals surface area contributed by atoms with E-state index in [9.17, 15) is 14.7 Å². The lowest BCUT2D eigenvalue weighted by Crippen LogP contribution is -2.22. The number of aryl methyl sites for hydroxylation is 2. The summed E-state index contributed by atoms with van der Waals surface area (Å²) in [5.74, 6) is -1.20. The van der Waals surface area contributed by atoms with E-state index in [2.05, 4.69) is 5.32 Å². The Labute approximate surface area is 176 Å². The molecule has 30 heavy (non-hydrogen) atoms. The molecule has 2 aromatic rings. The monoisotopic (exact) mass is 415 g/mol. The van der Waals surface area contributed by atoms with E-state index in [1.807, 2.05) is 30.6 Å². The minimum Gasteiger partial charge on any atom is -0.477 e. The van der Waals surface area contributed by atoms with Gasteiger partial charge in [0.25, 0.3) is 0 Å². The molecule has 0 saturated carbocycles. The summed E-state index contributed by atoms with van der Waals surface area (Å²) in [4.78, 5) is 24.0. The molecular weight excluding hydrogens is 386 g/mol. The van der Waals surface area contributed by atoms with Gasteiger partial charge in [-0.25, -0.2) is 4.79 Å². The van der Waals surface area contributed by atoms with Crippen molar-refractivity contribution in [3.8, 4) is 6.07 Å². The number of carboxylic acid groups (broad SMARTS) is 1. The zero-order chi connectivity index (χ0) is 21.9. The smallest absolute Gasteiger partial charge is 0.341 e. The van der Waals surface area contributed by atoms with Crippen LogP contribution >= 0.6 is 0 Å². The minimum absolute atomic E-state index is 0.197. The van der Waals surface area contributed by atoms with Gasteiger partial charge >= 0.3 is 5.97 Å². The molecule has 1 aromatic carbocycles. The topological polar surface area (TPSA) is 114 Å². The Morgan fingerprint density at radius 2 is 1.97 bits per heavy atom. The van der Waals surface area contributed by atoms with Gasteiger partial charge in [0.1, 0.15) is 5.56 Å². The molecular formula is C22H29N3O5. The van der Waals surface area contributed by atoms with E-state index < -0.39 is 11.4 Å². The molecule has 0 radical (unpaired) electrons. The predicted octanol–water partition coefficient (Wildman–Crippen LogP) is 3.03. The second-order valence-electron chi connectivity index (χ2n) is 6.57. The highest BCUT2D eigenvalue weighted by Gasteiger charge is 2.19. The van der Waals surface area contributed by atoms with Gasteiger partial charge in [-0.3, -0.25) is 4.79 Å². The van der Waals surface area contributed by atoms with Crippen LogP contribution in [0.3, 0.4) is 0 Å². The maximum absolute atomic E-state index is 12.6. The first-order chi connectivity index (χ1) is 14.6. The molecule has 0 bridgehead atoms. The van der Waals surface area contributed by atoms with Crippen LogP contribution in [0.5, 0.6) is 0 Å². The van der Waals surface area contributed by atoms with Crippen molar-refractivity contribution >= 4 is 22.6 Å². The molecule has 162 valence electrons. The summed E-state index contributed by atoms with van der Waals surface area (Å²) in [5, 5.41) is 21.4. The van der Waals surface area contributed by atoms with Gasteiger partial charge in [0.15, 0.2) is 0 Å². The van der Waals surface area contributed by atoms with Crippen LogP contribution in [-0.4, -0.2) is 48.6 Å². The minimum atomic E-state index is -1.20. The van der Waals surface area contributed by atoms with Crippen molar-refractivity contribution in [1.82, 2.24) is 4.57 Å². The average molecular weight is 415 g/mol. The first kappa shape index (κ1) is 23.4.